The number of rotatable bonds is 12. The number of nitrogens with one attached hydrogen (secondary N) is 3. The average molecular weight is 397 g/mol. The minimum Gasteiger partial charge on any atom is -0.483 e. The van der Waals surface area contributed by atoms with Crippen LogP contribution in [0.2, 0.25) is 0 Å². The van der Waals surface area contributed by atoms with Gasteiger partial charge in [0, 0.05) is 0 Å². The van der Waals surface area contributed by atoms with E-state index in [0.717, 1.165) is 0 Å². The second kappa shape index (κ2) is 10.2. The number of aromatic amines is 3. The van der Waals surface area contributed by atoms with Crippen molar-refractivity contribution in [2.45, 2.75) is 19.8 Å². The molecular formula is C17H19N9O3. The Hall–Kier alpha value is -4.22. The monoisotopic (exact) mass is 397 g/mol. The van der Waals surface area contributed by atoms with Crippen LogP contribution in [0, 0.1) is 0 Å². The molecule has 3 N–H and O–H groups in total. The van der Waals surface area contributed by atoms with Crippen LogP contribution in [-0.2, 0) is 34.0 Å². The third kappa shape index (κ3) is 5.63. The van der Waals surface area contributed by atoms with E-state index in [1.54, 1.807) is 30.7 Å². The lowest BCUT2D eigenvalue weighted by molar-refractivity contribution is 0.109. The fraction of sp³-hybridized carbons (Fsp3) is 0.176. The molecule has 0 amide bonds. The number of ether oxygens (including phenoxy) is 3. The van der Waals surface area contributed by atoms with E-state index in [4.69, 9.17) is 14.2 Å². The maximum atomic E-state index is 5.93. The minimum absolute atomic E-state index is 0.123. The number of allylic oxidation sites excluding steroid dienone is 3. The van der Waals surface area contributed by atoms with Crippen molar-refractivity contribution in [3.8, 4) is 0 Å². The van der Waals surface area contributed by atoms with Gasteiger partial charge in [-0.1, -0.05) is 19.2 Å². The predicted octanol–water partition coefficient (Wildman–Crippen LogP) is 1.46. The summed E-state index contributed by atoms with van der Waals surface area (Å²) >= 11 is 0. The van der Waals surface area contributed by atoms with E-state index in [1.807, 2.05) is 0 Å². The summed E-state index contributed by atoms with van der Waals surface area (Å²) in [7, 11) is 0. The van der Waals surface area contributed by atoms with Crippen molar-refractivity contribution in [1.82, 2.24) is 46.2 Å². The second-order valence-electron chi connectivity index (χ2n) is 5.41. The van der Waals surface area contributed by atoms with E-state index in [-0.39, 0.29) is 19.8 Å². The first kappa shape index (κ1) is 19.5. The second-order valence-corrected chi connectivity index (χ2v) is 5.41. The largest absolute Gasteiger partial charge is 0.483 e. The molecule has 0 aromatic carbocycles. The van der Waals surface area contributed by atoms with Crippen LogP contribution in [0.5, 0.6) is 0 Å². The Kier molecular flexibility index (Phi) is 6.87. The Balaban J connectivity index is 1.83. The normalized spacial score (nSPS) is 12.2. The molecule has 0 radical (unpaired) electrons. The fourth-order valence-corrected chi connectivity index (χ4v) is 2.11. The van der Waals surface area contributed by atoms with Gasteiger partial charge < -0.3 is 14.2 Å². The van der Waals surface area contributed by atoms with Crippen molar-refractivity contribution in [3.05, 3.63) is 84.3 Å². The molecule has 0 saturated carbocycles. The number of hydrogen-bond acceptors (Lipinski definition) is 9. The molecule has 0 bridgehead atoms. The molecular weight excluding hydrogens is 378 g/mol. The van der Waals surface area contributed by atoms with Crippen LogP contribution in [0.15, 0.2) is 67.3 Å². The van der Waals surface area contributed by atoms with E-state index in [2.05, 4.69) is 59.4 Å². The highest BCUT2D eigenvalue weighted by Crippen LogP contribution is 2.23. The van der Waals surface area contributed by atoms with Crippen LogP contribution in [0.4, 0.5) is 0 Å². The van der Waals surface area contributed by atoms with Gasteiger partial charge in [0.1, 0.15) is 36.9 Å². The first-order valence-electron chi connectivity index (χ1n) is 8.42. The number of hydrogen-bond donors (Lipinski definition) is 3. The third-order valence-electron chi connectivity index (χ3n) is 3.41. The third-order valence-corrected chi connectivity index (χ3v) is 3.41. The summed E-state index contributed by atoms with van der Waals surface area (Å²) in [6.07, 6.45) is 9.37. The van der Waals surface area contributed by atoms with Crippen LogP contribution >= 0.6 is 0 Å². The van der Waals surface area contributed by atoms with Crippen molar-refractivity contribution in [2.24, 2.45) is 0 Å². The van der Waals surface area contributed by atoms with E-state index in [0.29, 0.717) is 34.4 Å². The van der Waals surface area contributed by atoms with E-state index >= 15 is 0 Å². The first-order chi connectivity index (χ1) is 14.3. The summed E-state index contributed by atoms with van der Waals surface area (Å²) in [6, 6.07) is 0. The zero-order chi connectivity index (χ0) is 20.3. The molecule has 0 unspecified atom stereocenters. The van der Waals surface area contributed by atoms with E-state index < -0.39 is 0 Å². The molecule has 29 heavy (non-hydrogen) atoms. The molecule has 0 aliphatic carbocycles. The van der Waals surface area contributed by atoms with Gasteiger partial charge in [0.05, 0.1) is 18.6 Å². The summed E-state index contributed by atoms with van der Waals surface area (Å²) in [6.45, 7) is 7.96. The van der Waals surface area contributed by atoms with Gasteiger partial charge in [-0.2, -0.15) is 46.2 Å². The fourth-order valence-electron chi connectivity index (χ4n) is 2.11. The SMILES string of the molecule is C=C/C=C(OCc1cn[nH]n1)\C(OCc1cn[nH]n1)=C(/C=C)OCc1cn[nH]n1. The molecule has 0 fully saturated rings. The highest BCUT2D eigenvalue weighted by Gasteiger charge is 2.17. The van der Waals surface area contributed by atoms with Crippen LogP contribution in [-0.4, -0.2) is 46.2 Å². The van der Waals surface area contributed by atoms with Gasteiger partial charge in [0.2, 0.25) is 5.76 Å². The highest BCUT2D eigenvalue weighted by molar-refractivity contribution is 5.31. The Morgan fingerprint density at radius 3 is 1.76 bits per heavy atom. The molecule has 0 saturated heterocycles. The molecule has 12 nitrogen and oxygen atoms in total. The van der Waals surface area contributed by atoms with Crippen LogP contribution in [0.25, 0.3) is 0 Å². The summed E-state index contributed by atoms with van der Waals surface area (Å²) in [5.41, 5.74) is 1.81. The Morgan fingerprint density at radius 2 is 1.31 bits per heavy atom. The molecule has 3 heterocycles. The van der Waals surface area contributed by atoms with Gasteiger partial charge in [-0.3, -0.25) is 0 Å². The lowest BCUT2D eigenvalue weighted by atomic mass is 10.3. The Bertz CT molecular complexity index is 945. The van der Waals surface area contributed by atoms with Crippen molar-refractivity contribution >= 4 is 0 Å². The lowest BCUT2D eigenvalue weighted by Gasteiger charge is -2.17. The zero-order valence-corrected chi connectivity index (χ0v) is 15.4. The minimum atomic E-state index is 0.123. The molecule has 3 rings (SSSR count). The van der Waals surface area contributed by atoms with Crippen molar-refractivity contribution in [2.75, 3.05) is 0 Å². The van der Waals surface area contributed by atoms with E-state index in [1.165, 1.54) is 6.08 Å². The first-order valence-corrected chi connectivity index (χ1v) is 8.42. The van der Waals surface area contributed by atoms with Crippen molar-refractivity contribution < 1.29 is 14.2 Å². The maximum absolute atomic E-state index is 5.93. The topological polar surface area (TPSA) is 152 Å². The molecule has 0 atom stereocenters. The molecule has 0 aliphatic rings. The molecule has 0 aliphatic heterocycles. The van der Waals surface area contributed by atoms with Crippen LogP contribution < -0.4 is 0 Å². The zero-order valence-electron chi connectivity index (χ0n) is 15.4. The lowest BCUT2D eigenvalue weighted by Crippen LogP contribution is -2.07. The van der Waals surface area contributed by atoms with Crippen molar-refractivity contribution in [1.29, 1.82) is 0 Å². The average Bonchev–Trinajstić information content (AvgIpc) is 3.51. The number of nitrogens with zero attached hydrogens (tertiary/aromatic N) is 6. The molecule has 12 heteroatoms. The number of H-pyrrole nitrogens is 3. The summed E-state index contributed by atoms with van der Waals surface area (Å²) in [5, 5.41) is 30.8. The van der Waals surface area contributed by atoms with Gasteiger partial charge in [0.15, 0.2) is 11.5 Å². The standard InChI is InChI=1S/C17H19N9O3/c1-3-5-16(28-10-13-7-19-25-22-13)17(29-11-14-8-20-26-23-14)15(4-2)27-9-12-6-18-24-21-12/h3-8H,1-2,9-11H2,(H,18,21,24)(H,19,22,25)(H,20,23,26)/b16-5+,17-15-. The van der Waals surface area contributed by atoms with E-state index in [9.17, 15) is 0 Å². The number of aromatic nitrogens is 9. The molecule has 3 aromatic rings. The Morgan fingerprint density at radius 1 is 0.793 bits per heavy atom. The molecule has 150 valence electrons. The summed E-state index contributed by atoms with van der Waals surface area (Å²) in [5.74, 6) is 1.00. The van der Waals surface area contributed by atoms with Crippen molar-refractivity contribution in [3.63, 3.8) is 0 Å². The van der Waals surface area contributed by atoms with Crippen LogP contribution in [0.3, 0.4) is 0 Å². The molecule has 3 aromatic heterocycles. The summed E-state index contributed by atoms with van der Waals surface area (Å²) < 4.78 is 17.6. The highest BCUT2D eigenvalue weighted by atomic mass is 16.5. The Labute approximate surface area is 165 Å². The van der Waals surface area contributed by atoms with Gasteiger partial charge in [-0.05, 0) is 12.2 Å². The maximum Gasteiger partial charge on any atom is 0.203 e. The summed E-state index contributed by atoms with van der Waals surface area (Å²) in [4.78, 5) is 0. The van der Waals surface area contributed by atoms with Gasteiger partial charge in [-0.15, -0.1) is 0 Å². The smallest absolute Gasteiger partial charge is 0.203 e. The van der Waals surface area contributed by atoms with Gasteiger partial charge in [-0.25, -0.2) is 0 Å². The van der Waals surface area contributed by atoms with Gasteiger partial charge >= 0.3 is 0 Å². The van der Waals surface area contributed by atoms with Crippen LogP contribution in [0.1, 0.15) is 17.1 Å². The predicted molar refractivity (Wildman–Crippen MR) is 99.0 cm³/mol. The quantitative estimate of drug-likeness (QED) is 0.304. The molecule has 0 spiro atoms. The van der Waals surface area contributed by atoms with Gasteiger partial charge in [0.25, 0.3) is 0 Å².